The van der Waals surface area contributed by atoms with Crippen molar-refractivity contribution in [2.45, 2.75) is 37.5 Å². The first-order chi connectivity index (χ1) is 12.0. The van der Waals surface area contributed by atoms with Crippen molar-refractivity contribution < 1.29 is 44.4 Å². The molecule has 0 aromatic rings. The van der Waals surface area contributed by atoms with Crippen LogP contribution in [0.25, 0.3) is 0 Å². The maximum atomic E-state index is 12.1. The van der Waals surface area contributed by atoms with Gasteiger partial charge in [0.05, 0.1) is 19.6 Å². The summed E-state index contributed by atoms with van der Waals surface area (Å²) in [6.07, 6.45) is -0.869. The van der Waals surface area contributed by atoms with Crippen LogP contribution in [0.4, 0.5) is 0 Å². The molecule has 0 saturated heterocycles. The standard InChI is InChI=1S/C13H22N4O9/c1-5(13(25)26)15-11(23)7(2-9(20)21)16-12(24)8(4-19)17-10(22)6(14)3-18/h5-8,18-19H,2-4,14H2,1H3,(H,15,23)(H,16,24)(H,17,22)(H,20,21)(H,25,26). The fraction of sp³-hybridized carbons (Fsp3) is 0.615. The van der Waals surface area contributed by atoms with Crippen LogP contribution in [0.1, 0.15) is 13.3 Å². The monoisotopic (exact) mass is 378 g/mol. The molecule has 0 aliphatic rings. The second-order valence-electron chi connectivity index (χ2n) is 5.26. The molecule has 13 heteroatoms. The lowest BCUT2D eigenvalue weighted by atomic mass is 10.1. The summed E-state index contributed by atoms with van der Waals surface area (Å²) in [4.78, 5) is 57.1. The molecule has 9 N–H and O–H groups in total. The average molecular weight is 378 g/mol. The van der Waals surface area contributed by atoms with Gasteiger partial charge in [-0.2, -0.15) is 0 Å². The van der Waals surface area contributed by atoms with Crippen LogP contribution >= 0.6 is 0 Å². The Bertz CT molecular complexity index is 554. The van der Waals surface area contributed by atoms with Crippen molar-refractivity contribution in [2.24, 2.45) is 5.73 Å². The molecular formula is C13H22N4O9. The van der Waals surface area contributed by atoms with E-state index in [0.717, 1.165) is 6.92 Å². The van der Waals surface area contributed by atoms with Gasteiger partial charge in [-0.3, -0.25) is 24.0 Å². The molecule has 4 atom stereocenters. The predicted octanol–water partition coefficient (Wildman–Crippen LogP) is -4.67. The summed E-state index contributed by atoms with van der Waals surface area (Å²) in [7, 11) is 0. The van der Waals surface area contributed by atoms with E-state index in [4.69, 9.17) is 21.1 Å². The number of aliphatic hydroxyl groups is 2. The Morgan fingerprint density at radius 2 is 1.35 bits per heavy atom. The van der Waals surface area contributed by atoms with Gasteiger partial charge in [0, 0.05) is 0 Å². The van der Waals surface area contributed by atoms with Crippen molar-refractivity contribution in [1.29, 1.82) is 0 Å². The zero-order valence-corrected chi connectivity index (χ0v) is 13.8. The molecular weight excluding hydrogens is 356 g/mol. The van der Waals surface area contributed by atoms with E-state index in [1.54, 1.807) is 0 Å². The Hall–Kier alpha value is -2.77. The lowest BCUT2D eigenvalue weighted by Gasteiger charge is -2.22. The lowest BCUT2D eigenvalue weighted by Crippen LogP contribution is -2.58. The summed E-state index contributed by atoms with van der Waals surface area (Å²) in [5.74, 6) is -5.97. The molecule has 0 fully saturated rings. The van der Waals surface area contributed by atoms with Gasteiger partial charge in [-0.25, -0.2) is 0 Å². The van der Waals surface area contributed by atoms with Crippen LogP contribution in [0.2, 0.25) is 0 Å². The molecule has 0 aliphatic carbocycles. The predicted molar refractivity (Wildman–Crippen MR) is 83.5 cm³/mol. The van der Waals surface area contributed by atoms with Crippen molar-refractivity contribution >= 4 is 29.7 Å². The van der Waals surface area contributed by atoms with Crippen molar-refractivity contribution in [3.8, 4) is 0 Å². The number of carbonyl (C=O) groups is 5. The number of aliphatic hydroxyl groups excluding tert-OH is 2. The van der Waals surface area contributed by atoms with E-state index < -0.39 is 73.5 Å². The Morgan fingerprint density at radius 3 is 1.77 bits per heavy atom. The van der Waals surface area contributed by atoms with Crippen LogP contribution < -0.4 is 21.7 Å². The molecule has 0 radical (unpaired) electrons. The Morgan fingerprint density at radius 1 is 0.846 bits per heavy atom. The molecule has 0 bridgehead atoms. The zero-order valence-electron chi connectivity index (χ0n) is 13.8. The van der Waals surface area contributed by atoms with E-state index in [1.807, 2.05) is 16.0 Å². The minimum absolute atomic E-state index is 0.720. The molecule has 0 aromatic carbocycles. The number of carboxylic acids is 2. The van der Waals surface area contributed by atoms with Crippen molar-refractivity contribution in [1.82, 2.24) is 16.0 Å². The quantitative estimate of drug-likeness (QED) is 0.171. The van der Waals surface area contributed by atoms with Crippen molar-refractivity contribution in [2.75, 3.05) is 13.2 Å². The van der Waals surface area contributed by atoms with E-state index in [2.05, 4.69) is 0 Å². The number of amides is 3. The molecule has 3 amide bonds. The number of aliphatic carboxylic acids is 2. The van der Waals surface area contributed by atoms with E-state index in [0.29, 0.717) is 0 Å². The number of hydrogen-bond donors (Lipinski definition) is 8. The van der Waals surface area contributed by atoms with Crippen LogP contribution in [0.15, 0.2) is 0 Å². The smallest absolute Gasteiger partial charge is 0.325 e. The maximum Gasteiger partial charge on any atom is 0.325 e. The summed E-state index contributed by atoms with van der Waals surface area (Å²) in [6, 6.07) is -5.92. The van der Waals surface area contributed by atoms with Crippen LogP contribution in [0.5, 0.6) is 0 Å². The molecule has 0 aliphatic heterocycles. The Balaban J connectivity index is 5.08. The van der Waals surface area contributed by atoms with E-state index in [-0.39, 0.29) is 0 Å². The second-order valence-corrected chi connectivity index (χ2v) is 5.26. The highest BCUT2D eigenvalue weighted by molar-refractivity contribution is 5.95. The third-order valence-corrected chi connectivity index (χ3v) is 3.09. The van der Waals surface area contributed by atoms with E-state index >= 15 is 0 Å². The van der Waals surface area contributed by atoms with Crippen LogP contribution in [0, 0.1) is 0 Å². The number of nitrogens with one attached hydrogen (secondary N) is 3. The number of rotatable bonds is 11. The second kappa shape index (κ2) is 11.0. The SMILES string of the molecule is CC(NC(=O)C(CC(=O)O)NC(=O)C(CO)NC(=O)C(N)CO)C(=O)O. The Labute approximate surface area is 147 Å². The molecule has 0 saturated carbocycles. The molecule has 26 heavy (non-hydrogen) atoms. The largest absolute Gasteiger partial charge is 0.481 e. The Kier molecular flexibility index (Phi) is 9.80. The molecule has 0 spiro atoms. The minimum atomic E-state index is -1.65. The van der Waals surface area contributed by atoms with Gasteiger partial charge in [0.1, 0.15) is 24.2 Å². The molecule has 0 aromatic heterocycles. The topological polar surface area (TPSA) is 228 Å². The van der Waals surface area contributed by atoms with Crippen LogP contribution in [0.3, 0.4) is 0 Å². The van der Waals surface area contributed by atoms with E-state index in [9.17, 15) is 29.1 Å². The number of carbonyl (C=O) groups excluding carboxylic acids is 3. The van der Waals surface area contributed by atoms with Gasteiger partial charge in [0.25, 0.3) is 0 Å². The third kappa shape index (κ3) is 7.87. The highest BCUT2D eigenvalue weighted by Crippen LogP contribution is 1.97. The van der Waals surface area contributed by atoms with Gasteiger partial charge in [-0.05, 0) is 6.92 Å². The molecule has 148 valence electrons. The highest BCUT2D eigenvalue weighted by Gasteiger charge is 2.30. The van der Waals surface area contributed by atoms with Gasteiger partial charge in [-0.15, -0.1) is 0 Å². The van der Waals surface area contributed by atoms with E-state index in [1.165, 1.54) is 0 Å². The third-order valence-electron chi connectivity index (χ3n) is 3.09. The van der Waals surface area contributed by atoms with Gasteiger partial charge in [0.2, 0.25) is 17.7 Å². The zero-order chi connectivity index (χ0) is 20.4. The van der Waals surface area contributed by atoms with Crippen LogP contribution in [-0.2, 0) is 24.0 Å². The first kappa shape index (κ1) is 23.2. The number of hydrogen-bond acceptors (Lipinski definition) is 8. The molecule has 13 nitrogen and oxygen atoms in total. The summed E-state index contributed by atoms with van der Waals surface area (Å²) in [6.45, 7) is -0.488. The first-order valence-corrected chi connectivity index (χ1v) is 7.36. The number of carboxylic acid groups (broad SMARTS) is 2. The maximum absolute atomic E-state index is 12.1. The molecule has 4 unspecified atom stereocenters. The summed E-state index contributed by atoms with van der Waals surface area (Å²) >= 11 is 0. The fourth-order valence-corrected chi connectivity index (χ4v) is 1.59. The molecule has 0 rings (SSSR count). The number of nitrogens with two attached hydrogens (primary N) is 1. The molecule has 0 heterocycles. The van der Waals surface area contributed by atoms with Gasteiger partial charge >= 0.3 is 11.9 Å². The minimum Gasteiger partial charge on any atom is -0.481 e. The average Bonchev–Trinajstić information content (AvgIpc) is 2.56. The normalized spacial score (nSPS) is 15.1. The summed E-state index contributed by atoms with van der Waals surface area (Å²) in [5, 5.41) is 41.5. The van der Waals surface area contributed by atoms with Crippen molar-refractivity contribution in [3.63, 3.8) is 0 Å². The summed E-state index contributed by atoms with van der Waals surface area (Å²) in [5.41, 5.74) is 5.25. The fourth-order valence-electron chi connectivity index (χ4n) is 1.59. The van der Waals surface area contributed by atoms with Gasteiger partial charge in [0.15, 0.2) is 0 Å². The van der Waals surface area contributed by atoms with Gasteiger partial charge < -0.3 is 42.1 Å². The highest BCUT2D eigenvalue weighted by atomic mass is 16.4. The van der Waals surface area contributed by atoms with Gasteiger partial charge in [-0.1, -0.05) is 0 Å². The van der Waals surface area contributed by atoms with Crippen LogP contribution in [-0.4, -0.2) is 87.5 Å². The lowest BCUT2D eigenvalue weighted by molar-refractivity contribution is -0.143. The summed E-state index contributed by atoms with van der Waals surface area (Å²) < 4.78 is 0. The van der Waals surface area contributed by atoms with Crippen molar-refractivity contribution in [3.05, 3.63) is 0 Å². The first-order valence-electron chi connectivity index (χ1n) is 7.36.